The average molecular weight is 1280 g/mol. The molecule has 5 nitrogen and oxygen atoms in total. The Morgan fingerprint density at radius 3 is 1.83 bits per heavy atom. The number of para-hydroxylation sites is 2. The smallest absolute Gasteiger partial charge is 0.268 e. The fraction of sp³-hybridized carbons (Fsp3) is 0.120. The number of nitrogens with zero attached hydrogens (tertiary/aromatic N) is 4. The summed E-state index contributed by atoms with van der Waals surface area (Å²) >= 11 is 0. The molecule has 0 bridgehead atoms. The van der Waals surface area contributed by atoms with Crippen LogP contribution in [-0.4, -0.2) is 22.2 Å². The first kappa shape index (κ1) is 33.3. The van der Waals surface area contributed by atoms with Crippen LogP contribution in [0.25, 0.3) is 72.3 Å². The molecule has 0 fully saturated rings. The van der Waals surface area contributed by atoms with Crippen molar-refractivity contribution in [1.82, 2.24) is 14.1 Å². The van der Waals surface area contributed by atoms with Crippen LogP contribution in [0.5, 0.6) is 11.5 Å². The second-order valence-electron chi connectivity index (χ2n) is 21.5. The van der Waals surface area contributed by atoms with Crippen molar-refractivity contribution in [3.63, 3.8) is 0 Å². The van der Waals surface area contributed by atoms with E-state index in [1.165, 1.54) is 18.3 Å². The van der Waals surface area contributed by atoms with Crippen LogP contribution in [0.3, 0.4) is 0 Å². The molecule has 3 heterocycles. The summed E-state index contributed by atoms with van der Waals surface area (Å²) in [5.41, 5.74) is 3.18. The van der Waals surface area contributed by atoms with Gasteiger partial charge in [-0.05, 0) is 101 Å². The van der Waals surface area contributed by atoms with Crippen molar-refractivity contribution < 1.29 is 61.9 Å². The van der Waals surface area contributed by atoms with E-state index in [0.29, 0.717) is 38.7 Å². The zero-order chi connectivity index (χ0) is 75.4. The molecule has 0 saturated heterocycles. The summed E-state index contributed by atoms with van der Waals surface area (Å²) in [6.45, 7) is 9.04. The molecular weight excluding hydrogens is 1200 g/mol. The van der Waals surface area contributed by atoms with Crippen molar-refractivity contribution in [1.29, 1.82) is 0 Å². The second-order valence-corrected chi connectivity index (χ2v) is 25.1. The van der Waals surface area contributed by atoms with E-state index >= 15 is 0 Å². The van der Waals surface area contributed by atoms with Gasteiger partial charge in [-0.2, -0.15) is 18.2 Å². The third-order valence-corrected chi connectivity index (χ3v) is 18.7. The minimum Gasteiger partial charge on any atom is -0.510 e. The van der Waals surface area contributed by atoms with Gasteiger partial charge in [-0.15, -0.1) is 29.7 Å². The summed E-state index contributed by atoms with van der Waals surface area (Å²) < 4.78 is 222. The number of rotatable bonds is 11. The average Bonchev–Trinajstić information content (AvgIpc) is 0.973. The minimum absolute atomic E-state index is 0. The Bertz CT molecular complexity index is 5540. The summed E-state index contributed by atoms with van der Waals surface area (Å²) in [6, 6.07) is 25.8. The van der Waals surface area contributed by atoms with E-state index in [9.17, 15) is 16.4 Å². The molecule has 13 rings (SSSR count). The molecule has 0 unspecified atom stereocenters. The van der Waals surface area contributed by atoms with Crippen LogP contribution < -0.4 is 30.1 Å². The van der Waals surface area contributed by atoms with Crippen LogP contribution in [0.2, 0.25) is 0 Å². The molecule has 0 spiro atoms. The van der Waals surface area contributed by atoms with Gasteiger partial charge in [-0.1, -0.05) is 241 Å². The van der Waals surface area contributed by atoms with E-state index in [2.05, 4.69) is 39.2 Å². The van der Waals surface area contributed by atoms with Gasteiger partial charge in [-0.3, -0.25) is 4.57 Å². The molecule has 0 aliphatic carbocycles. The zero-order valence-electron chi connectivity index (χ0n) is 68.1. The molecule has 0 atom stereocenters. The first-order valence-electron chi connectivity index (χ1n) is 37.6. The summed E-state index contributed by atoms with van der Waals surface area (Å²) in [5.74, 6) is 0.379. The normalized spacial score (nSPS) is 16.1. The molecular formula is C75H62N4OPtSi-2. The number of hydrogen-bond acceptors (Lipinski definition) is 2. The van der Waals surface area contributed by atoms with Gasteiger partial charge >= 0.3 is 0 Å². The van der Waals surface area contributed by atoms with Crippen molar-refractivity contribution in [2.45, 2.75) is 59.2 Å². The second kappa shape index (κ2) is 21.7. The van der Waals surface area contributed by atoms with Gasteiger partial charge < -0.3 is 13.9 Å². The Morgan fingerprint density at radius 2 is 1.18 bits per heavy atom. The fourth-order valence-corrected chi connectivity index (χ4v) is 14.7. The number of hydrogen-bond donors (Lipinski definition) is 0. The topological polar surface area (TPSA) is 35.9 Å². The summed E-state index contributed by atoms with van der Waals surface area (Å²) in [4.78, 5) is 4.71. The van der Waals surface area contributed by atoms with Gasteiger partial charge in [0.15, 0.2) is 8.07 Å². The van der Waals surface area contributed by atoms with E-state index in [1.807, 2.05) is 81.4 Å². The van der Waals surface area contributed by atoms with Gasteiger partial charge in [-0.25, -0.2) is 4.98 Å². The van der Waals surface area contributed by atoms with Crippen LogP contribution in [-0.2, 0) is 31.9 Å². The monoisotopic (exact) mass is 1280 g/mol. The van der Waals surface area contributed by atoms with E-state index in [0.717, 1.165) is 22.1 Å². The number of aromatic nitrogens is 4. The van der Waals surface area contributed by atoms with Crippen molar-refractivity contribution in [3.05, 3.63) is 284 Å². The van der Waals surface area contributed by atoms with Crippen molar-refractivity contribution >= 4 is 61.7 Å². The Hall–Kier alpha value is -8.67. The maximum absolute atomic E-state index is 9.95. The molecule has 0 amide bonds. The molecule has 0 aliphatic heterocycles. The maximum atomic E-state index is 9.95. The standard InChI is InChI=1S/C75H62N4OSi.Pt/c1-52-46-72(76-50-65(52)54-24-12-8-13-25-54)79-67-36-21-20-34-63(67)64-44-43-59(49-69(64)79)80-58-27-22-26-57(48-58)77-51-78(68-45-40-55(47-70(68)77)53-38-41-56(42-39-53)74(2,3)4)73-66(75(5,6)7)35-23-37-71(73)81(60-28-14-9-15-29-60,61-30-16-10-17-31-61)62-32-18-11-19-33-62;/h8-47,50H,1-7H3;/q-2;/i1D3,8D,9D,10D,11D,12D,13D,14D,15D,16D,17D,18D,19D,24D,25D,28D,29D,30D,31D,32D,33D;. The van der Waals surface area contributed by atoms with Crippen LogP contribution in [0.15, 0.2) is 248 Å². The Labute approximate surface area is 529 Å². The maximum Gasteiger partial charge on any atom is 0.268 e. The molecule has 13 aromatic rings. The number of fused-ring (bicyclic) bond motifs is 4. The number of imidazole rings is 1. The quantitative estimate of drug-likeness (QED) is 0.0560. The predicted molar refractivity (Wildman–Crippen MR) is 337 cm³/mol. The molecule has 10 aromatic carbocycles. The first-order chi connectivity index (χ1) is 48.8. The predicted octanol–water partition coefficient (Wildman–Crippen LogP) is 15.2. The first-order valence-corrected chi connectivity index (χ1v) is 28.1. The molecule has 3 aromatic heterocycles. The van der Waals surface area contributed by atoms with Gasteiger partial charge in [0.25, 0.3) is 6.33 Å². The summed E-state index contributed by atoms with van der Waals surface area (Å²) in [5, 5.41) is -0.701. The van der Waals surface area contributed by atoms with Crippen molar-refractivity contribution in [2.75, 3.05) is 0 Å². The van der Waals surface area contributed by atoms with Gasteiger partial charge in [0.2, 0.25) is 0 Å². The van der Waals surface area contributed by atoms with Gasteiger partial charge in [0, 0.05) is 54.0 Å². The molecule has 404 valence electrons. The number of ether oxygens (including phenoxy) is 1. The number of pyridine rings is 1. The van der Waals surface area contributed by atoms with Crippen LogP contribution >= 0.6 is 0 Å². The van der Waals surface area contributed by atoms with Crippen molar-refractivity contribution in [2.24, 2.45) is 0 Å². The largest absolute Gasteiger partial charge is 0.510 e. The van der Waals surface area contributed by atoms with Crippen LogP contribution in [0, 0.1) is 25.3 Å². The van der Waals surface area contributed by atoms with E-state index in [1.54, 1.807) is 62.2 Å². The molecule has 7 heteroatoms. The fourth-order valence-electron chi connectivity index (χ4n) is 10.6. The van der Waals surface area contributed by atoms with Crippen molar-refractivity contribution in [3.8, 4) is 50.9 Å². The number of aryl methyl sites for hydroxylation is 1. The van der Waals surface area contributed by atoms with E-state index < -0.39 is 157 Å². The Kier molecular flexibility index (Phi) is 8.80. The minimum atomic E-state index is -5.79. The SMILES string of the molecule is [2H]c1c([2H])c([2H])c(-c2cnc(-n3c4[c-]c(Oc5[c-]c(-n6[c-][n+](-c7c(C(C)(C)C)cccc7[Si](c7c([2H])c([2H])c([2H])c([2H])c7[2H])(c7c([2H])c([2H])c([2H])c([2H])c7[2H])c7c([2H])c([2H])c([2H])c([2H])c7[2H])c7ccc(-c8ccc(C(C)(C)C)cc8)cc76)ccc5)ccc4c4ccccc43)cc2C([2H])([2H])[2H])c([2H])c1[2H].[Pt]. The molecule has 0 radical (unpaired) electrons. The third kappa shape index (κ3) is 9.64. The van der Waals surface area contributed by atoms with E-state index in [4.69, 9.17) is 24.8 Å². The zero-order valence-corrected chi connectivity index (χ0v) is 48.4. The summed E-state index contributed by atoms with van der Waals surface area (Å²) in [6.07, 6.45) is 4.75. The van der Waals surface area contributed by atoms with Crippen LogP contribution in [0.1, 0.15) is 89.8 Å². The molecule has 0 saturated carbocycles. The summed E-state index contributed by atoms with van der Waals surface area (Å²) in [7, 11) is -5.79. The molecule has 0 N–H and O–H groups in total. The third-order valence-electron chi connectivity index (χ3n) is 14.5. The van der Waals surface area contributed by atoms with Gasteiger partial charge in [0.05, 0.1) is 44.1 Å². The molecule has 0 aliphatic rings. The van der Waals surface area contributed by atoms with Crippen LogP contribution in [0.4, 0.5) is 0 Å². The Morgan fingerprint density at radius 1 is 0.561 bits per heavy atom. The van der Waals surface area contributed by atoms with Gasteiger partial charge in [0.1, 0.15) is 5.82 Å². The number of benzene rings is 10. The molecule has 82 heavy (non-hydrogen) atoms. The Balaban J connectivity index is 0.0000104. The van der Waals surface area contributed by atoms with E-state index in [-0.39, 0.29) is 71.4 Å².